The van der Waals surface area contributed by atoms with Crippen molar-refractivity contribution in [2.24, 2.45) is 0 Å². The van der Waals surface area contributed by atoms with Crippen LogP contribution in [0.5, 0.6) is 0 Å². The van der Waals surface area contributed by atoms with E-state index in [0.29, 0.717) is 6.42 Å². The first-order valence-electron chi connectivity index (χ1n) is 25.7. The molecular formula is C58H97NO3. The first-order valence-corrected chi connectivity index (χ1v) is 25.7. The largest absolute Gasteiger partial charge is 0.394 e. The smallest absolute Gasteiger partial charge is 0.220 e. The number of aliphatic hydroxyl groups excluding tert-OH is 2. The topological polar surface area (TPSA) is 69.6 Å². The fourth-order valence-corrected chi connectivity index (χ4v) is 7.01. The zero-order valence-corrected chi connectivity index (χ0v) is 40.3. The lowest BCUT2D eigenvalue weighted by molar-refractivity contribution is -0.123. The number of hydrogen-bond acceptors (Lipinski definition) is 3. The van der Waals surface area contributed by atoms with Gasteiger partial charge < -0.3 is 15.5 Å². The molecule has 0 spiro atoms. The predicted octanol–water partition coefficient (Wildman–Crippen LogP) is 16.9. The van der Waals surface area contributed by atoms with Gasteiger partial charge in [-0.3, -0.25) is 4.79 Å². The highest BCUT2D eigenvalue weighted by Gasteiger charge is 2.17. The van der Waals surface area contributed by atoms with Crippen LogP contribution in [0.25, 0.3) is 0 Å². The van der Waals surface area contributed by atoms with Crippen molar-refractivity contribution in [2.45, 2.75) is 231 Å². The highest BCUT2D eigenvalue weighted by molar-refractivity contribution is 5.76. The molecule has 3 N–H and O–H groups in total. The Morgan fingerprint density at radius 2 is 0.726 bits per heavy atom. The van der Waals surface area contributed by atoms with E-state index in [9.17, 15) is 15.0 Å². The van der Waals surface area contributed by atoms with Crippen LogP contribution in [0.3, 0.4) is 0 Å². The Kier molecular flexibility index (Phi) is 49.4. The molecule has 1 amide bonds. The molecule has 0 rings (SSSR count). The van der Waals surface area contributed by atoms with Gasteiger partial charge in [-0.05, 0) is 103 Å². The van der Waals surface area contributed by atoms with Crippen molar-refractivity contribution in [2.75, 3.05) is 6.61 Å². The predicted molar refractivity (Wildman–Crippen MR) is 276 cm³/mol. The van der Waals surface area contributed by atoms with Crippen molar-refractivity contribution in [3.8, 4) is 0 Å². The maximum absolute atomic E-state index is 12.4. The van der Waals surface area contributed by atoms with Gasteiger partial charge in [0, 0.05) is 6.42 Å². The molecule has 352 valence electrons. The minimum absolute atomic E-state index is 0.0849. The number of nitrogens with one attached hydrogen (secondary N) is 1. The Labute approximate surface area is 384 Å². The van der Waals surface area contributed by atoms with E-state index in [2.05, 4.69) is 129 Å². The lowest BCUT2D eigenvalue weighted by atomic mass is 10.0. The number of carbonyl (C=O) groups is 1. The normalized spacial score (nSPS) is 13.9. The molecule has 0 aromatic carbocycles. The van der Waals surface area contributed by atoms with Crippen molar-refractivity contribution in [3.05, 3.63) is 122 Å². The van der Waals surface area contributed by atoms with Gasteiger partial charge in [-0.15, -0.1) is 0 Å². The Morgan fingerprint density at radius 1 is 0.403 bits per heavy atom. The second-order valence-corrected chi connectivity index (χ2v) is 16.8. The molecule has 0 aromatic rings. The molecule has 0 heterocycles. The number of hydrogen-bond donors (Lipinski definition) is 3. The third kappa shape index (κ3) is 47.8. The van der Waals surface area contributed by atoms with Crippen LogP contribution in [-0.4, -0.2) is 34.9 Å². The maximum atomic E-state index is 12.4. The molecule has 0 bridgehead atoms. The molecule has 0 radical (unpaired) electrons. The van der Waals surface area contributed by atoms with Crippen LogP contribution in [0.2, 0.25) is 0 Å². The molecule has 0 saturated carbocycles. The van der Waals surface area contributed by atoms with Crippen LogP contribution in [0.4, 0.5) is 0 Å². The molecule has 2 unspecified atom stereocenters. The molecule has 0 aliphatic rings. The summed E-state index contributed by atoms with van der Waals surface area (Å²) in [6.45, 7) is 4.15. The van der Waals surface area contributed by atoms with Gasteiger partial charge in [0.05, 0.1) is 18.8 Å². The Hall–Kier alpha value is -3.21. The van der Waals surface area contributed by atoms with E-state index in [4.69, 9.17) is 0 Å². The van der Waals surface area contributed by atoms with Gasteiger partial charge >= 0.3 is 0 Å². The molecule has 0 aromatic heterocycles. The van der Waals surface area contributed by atoms with Gasteiger partial charge in [0.25, 0.3) is 0 Å². The summed E-state index contributed by atoms with van der Waals surface area (Å²) >= 11 is 0. The van der Waals surface area contributed by atoms with Gasteiger partial charge in [-0.1, -0.05) is 232 Å². The minimum atomic E-state index is -0.877. The summed E-state index contributed by atoms with van der Waals surface area (Å²) in [7, 11) is 0. The second kappa shape index (κ2) is 52.1. The zero-order chi connectivity index (χ0) is 44.9. The monoisotopic (exact) mass is 856 g/mol. The number of allylic oxidation sites excluding steroid dienone is 19. The second-order valence-electron chi connectivity index (χ2n) is 16.8. The quantitative estimate of drug-likeness (QED) is 0.0422. The van der Waals surface area contributed by atoms with Crippen LogP contribution in [0.15, 0.2) is 122 Å². The zero-order valence-electron chi connectivity index (χ0n) is 40.3. The van der Waals surface area contributed by atoms with Crippen molar-refractivity contribution in [1.29, 1.82) is 0 Å². The van der Waals surface area contributed by atoms with Gasteiger partial charge in [0.15, 0.2) is 0 Å². The number of amides is 1. The van der Waals surface area contributed by atoms with E-state index in [0.717, 1.165) is 83.5 Å². The Balaban J connectivity index is 3.60. The van der Waals surface area contributed by atoms with Crippen LogP contribution >= 0.6 is 0 Å². The van der Waals surface area contributed by atoms with Crippen LogP contribution in [-0.2, 0) is 4.79 Å². The number of unbranched alkanes of at least 4 members (excludes halogenated alkanes) is 20. The van der Waals surface area contributed by atoms with E-state index < -0.39 is 12.1 Å². The molecule has 0 fully saturated rings. The fraction of sp³-hybridized carbons (Fsp3) is 0.638. The maximum Gasteiger partial charge on any atom is 0.220 e. The summed E-state index contributed by atoms with van der Waals surface area (Å²) in [6.07, 6.45) is 80.5. The van der Waals surface area contributed by atoms with Crippen molar-refractivity contribution in [1.82, 2.24) is 5.32 Å². The fourth-order valence-electron chi connectivity index (χ4n) is 7.01. The van der Waals surface area contributed by atoms with Crippen LogP contribution < -0.4 is 5.32 Å². The van der Waals surface area contributed by atoms with Gasteiger partial charge in [0.1, 0.15) is 0 Å². The highest BCUT2D eigenvalue weighted by atomic mass is 16.3. The molecule has 4 heteroatoms. The van der Waals surface area contributed by atoms with Gasteiger partial charge in [-0.2, -0.15) is 0 Å². The minimum Gasteiger partial charge on any atom is -0.394 e. The van der Waals surface area contributed by atoms with Crippen molar-refractivity contribution >= 4 is 5.91 Å². The van der Waals surface area contributed by atoms with Crippen LogP contribution in [0.1, 0.15) is 219 Å². The van der Waals surface area contributed by atoms with E-state index >= 15 is 0 Å². The number of rotatable bonds is 45. The molecular weight excluding hydrogens is 759 g/mol. The molecule has 0 saturated heterocycles. The van der Waals surface area contributed by atoms with E-state index in [1.54, 1.807) is 6.08 Å². The van der Waals surface area contributed by atoms with E-state index in [-0.39, 0.29) is 12.5 Å². The Bertz CT molecular complexity index is 1240. The van der Waals surface area contributed by atoms with Gasteiger partial charge in [0.2, 0.25) is 5.91 Å². The first-order chi connectivity index (χ1) is 30.7. The summed E-state index contributed by atoms with van der Waals surface area (Å²) < 4.78 is 0. The lowest BCUT2D eigenvalue weighted by Gasteiger charge is -2.19. The number of carbonyl (C=O) groups excluding carboxylic acids is 1. The van der Waals surface area contributed by atoms with E-state index in [1.807, 2.05) is 6.08 Å². The first kappa shape index (κ1) is 58.8. The summed E-state index contributed by atoms with van der Waals surface area (Å²) in [5.41, 5.74) is 0. The van der Waals surface area contributed by atoms with Gasteiger partial charge in [-0.25, -0.2) is 0 Å². The highest BCUT2D eigenvalue weighted by Crippen LogP contribution is 2.14. The average molecular weight is 856 g/mol. The Morgan fingerprint density at radius 3 is 1.13 bits per heavy atom. The standard InChI is InChI=1S/C58H97NO3/c1-3-5-7-9-11-13-15-17-19-20-21-22-23-24-25-26-27-28-29-30-31-32-33-34-35-36-37-38-40-42-44-46-48-50-52-54-58(62)59-56(55-60)57(61)53-51-49-47-45-43-41-39-18-16-14-12-10-8-6-4-2/h5,7,11,13,16-19,21-22,24-25,27-28,30-31,43,45,51,53,56-57,60-61H,3-4,6,8-10,12,14-15,20,23,26,29,32-42,44,46-50,52,54-55H2,1-2H3,(H,59,62)/b7-5-,13-11-,18-16+,19-17-,22-21-,25-24-,28-27-,31-30-,45-43+,53-51+. The molecule has 4 nitrogen and oxygen atoms in total. The molecule has 0 aliphatic carbocycles. The third-order valence-electron chi connectivity index (χ3n) is 10.9. The van der Waals surface area contributed by atoms with E-state index in [1.165, 1.54) is 116 Å². The third-order valence-corrected chi connectivity index (χ3v) is 10.9. The summed E-state index contributed by atoms with van der Waals surface area (Å²) in [4.78, 5) is 12.4. The van der Waals surface area contributed by atoms with Crippen molar-refractivity contribution < 1.29 is 15.0 Å². The summed E-state index contributed by atoms with van der Waals surface area (Å²) in [6, 6.07) is -0.653. The summed E-state index contributed by atoms with van der Waals surface area (Å²) in [5, 5.41) is 23.0. The van der Waals surface area contributed by atoms with Crippen LogP contribution in [0, 0.1) is 0 Å². The number of aliphatic hydroxyl groups is 2. The molecule has 2 atom stereocenters. The molecule has 62 heavy (non-hydrogen) atoms. The average Bonchev–Trinajstić information content (AvgIpc) is 3.28. The SMILES string of the molecule is CC/C=C\C/C=C\C/C=C\C/C=C\C/C=C\C/C=C\C/C=C\CCCCCCCCCCCCCCCC(=O)NC(CO)C(O)/C=C/CC/C=C/CC/C=C/CCCCCCC. The van der Waals surface area contributed by atoms with Crippen molar-refractivity contribution in [3.63, 3.8) is 0 Å². The lowest BCUT2D eigenvalue weighted by Crippen LogP contribution is -2.45. The molecule has 0 aliphatic heterocycles. The summed E-state index contributed by atoms with van der Waals surface area (Å²) in [5.74, 6) is -0.0849.